The van der Waals surface area contributed by atoms with Crippen molar-refractivity contribution in [3.05, 3.63) is 65.9 Å². The number of nitrogen functional groups attached to an aromatic ring is 1. The quantitative estimate of drug-likeness (QED) is 0.776. The van der Waals surface area contributed by atoms with Crippen LogP contribution in [0.25, 0.3) is 10.9 Å². The van der Waals surface area contributed by atoms with Crippen LogP contribution in [0.2, 0.25) is 0 Å². The molecule has 1 amide bonds. The molecule has 0 unspecified atom stereocenters. The van der Waals surface area contributed by atoms with E-state index in [4.69, 9.17) is 10.5 Å². The van der Waals surface area contributed by atoms with Crippen molar-refractivity contribution in [2.45, 2.75) is 6.61 Å². The summed E-state index contributed by atoms with van der Waals surface area (Å²) in [6, 6.07) is 14.6. The molecule has 23 heavy (non-hydrogen) atoms. The molecule has 0 atom stereocenters. The number of amides is 1. The van der Waals surface area contributed by atoms with Crippen LogP contribution in [0.5, 0.6) is 0 Å². The van der Waals surface area contributed by atoms with Crippen LogP contribution in [0.15, 0.2) is 54.7 Å². The minimum Gasteiger partial charge on any atom is -0.398 e. The molecule has 3 aromatic rings. The number of rotatable bonds is 4. The lowest BCUT2D eigenvalue weighted by Gasteiger charge is -2.10. The Morgan fingerprint density at radius 1 is 1.22 bits per heavy atom. The number of aromatic nitrogens is 1. The Hall–Kier alpha value is -2.92. The van der Waals surface area contributed by atoms with E-state index in [2.05, 4.69) is 10.3 Å². The summed E-state index contributed by atoms with van der Waals surface area (Å²) >= 11 is 0. The highest BCUT2D eigenvalue weighted by Crippen LogP contribution is 2.23. The number of pyridine rings is 1. The molecule has 0 spiro atoms. The van der Waals surface area contributed by atoms with Gasteiger partial charge in [-0.25, -0.2) is 0 Å². The van der Waals surface area contributed by atoms with Gasteiger partial charge >= 0.3 is 0 Å². The van der Waals surface area contributed by atoms with Crippen LogP contribution in [0.3, 0.4) is 0 Å². The first kappa shape index (κ1) is 15.0. The molecule has 5 nitrogen and oxygen atoms in total. The van der Waals surface area contributed by atoms with Crippen LogP contribution >= 0.6 is 0 Å². The van der Waals surface area contributed by atoms with E-state index in [0.717, 1.165) is 16.5 Å². The Morgan fingerprint density at radius 3 is 2.87 bits per heavy atom. The van der Waals surface area contributed by atoms with Crippen LogP contribution in [-0.4, -0.2) is 18.0 Å². The summed E-state index contributed by atoms with van der Waals surface area (Å²) in [6.45, 7) is 0.387. The first-order valence-corrected chi connectivity index (χ1v) is 7.21. The molecule has 0 bridgehead atoms. The van der Waals surface area contributed by atoms with Crippen molar-refractivity contribution in [3.8, 4) is 0 Å². The largest absolute Gasteiger partial charge is 0.398 e. The van der Waals surface area contributed by atoms with Gasteiger partial charge in [-0.2, -0.15) is 0 Å². The maximum atomic E-state index is 12.5. The van der Waals surface area contributed by atoms with Crippen LogP contribution in [0, 0.1) is 0 Å². The van der Waals surface area contributed by atoms with Gasteiger partial charge in [0, 0.05) is 35.6 Å². The van der Waals surface area contributed by atoms with Gasteiger partial charge in [0.15, 0.2) is 0 Å². The lowest BCUT2D eigenvalue weighted by Crippen LogP contribution is -2.14. The first-order valence-electron chi connectivity index (χ1n) is 7.21. The summed E-state index contributed by atoms with van der Waals surface area (Å²) in [5.74, 6) is -0.181. The maximum Gasteiger partial charge on any atom is 0.256 e. The summed E-state index contributed by atoms with van der Waals surface area (Å²) in [4.78, 5) is 16.8. The number of ether oxygens (including phenoxy) is 1. The van der Waals surface area contributed by atoms with E-state index in [1.54, 1.807) is 25.4 Å². The second-order valence-corrected chi connectivity index (χ2v) is 5.18. The lowest BCUT2D eigenvalue weighted by molar-refractivity contribution is 0.102. The Morgan fingerprint density at radius 2 is 2.04 bits per heavy atom. The molecular formula is C18H17N3O2. The number of benzene rings is 2. The van der Waals surface area contributed by atoms with E-state index >= 15 is 0 Å². The van der Waals surface area contributed by atoms with E-state index in [1.807, 2.05) is 36.4 Å². The smallest absolute Gasteiger partial charge is 0.256 e. The van der Waals surface area contributed by atoms with Gasteiger partial charge in [0.05, 0.1) is 12.1 Å². The third-order valence-electron chi connectivity index (χ3n) is 3.59. The normalized spacial score (nSPS) is 10.7. The van der Waals surface area contributed by atoms with Crippen LogP contribution in [0.4, 0.5) is 11.4 Å². The highest BCUT2D eigenvalue weighted by Gasteiger charge is 2.11. The number of hydrogen-bond acceptors (Lipinski definition) is 4. The van der Waals surface area contributed by atoms with Crippen molar-refractivity contribution in [1.29, 1.82) is 0 Å². The molecule has 0 saturated heterocycles. The molecule has 116 valence electrons. The van der Waals surface area contributed by atoms with Gasteiger partial charge in [0.2, 0.25) is 0 Å². The molecule has 0 aliphatic heterocycles. The number of anilines is 2. The van der Waals surface area contributed by atoms with E-state index in [1.165, 1.54) is 0 Å². The Kier molecular flexibility index (Phi) is 4.21. The van der Waals surface area contributed by atoms with Crippen LogP contribution in [0.1, 0.15) is 15.9 Å². The van der Waals surface area contributed by atoms with E-state index in [0.29, 0.717) is 23.5 Å². The molecule has 0 fully saturated rings. The molecule has 3 rings (SSSR count). The Bertz CT molecular complexity index is 862. The zero-order valence-electron chi connectivity index (χ0n) is 12.7. The third-order valence-corrected chi connectivity index (χ3v) is 3.59. The van der Waals surface area contributed by atoms with Gasteiger partial charge in [0.1, 0.15) is 0 Å². The molecule has 1 heterocycles. The fraction of sp³-hybridized carbons (Fsp3) is 0.111. The number of nitrogens with zero attached hydrogens (tertiary/aromatic N) is 1. The minimum absolute atomic E-state index is 0.181. The van der Waals surface area contributed by atoms with Gasteiger partial charge in [-0.15, -0.1) is 0 Å². The summed E-state index contributed by atoms with van der Waals surface area (Å²) in [5.41, 5.74) is 9.49. The van der Waals surface area contributed by atoms with Crippen molar-refractivity contribution < 1.29 is 9.53 Å². The number of carbonyl (C=O) groups is 1. The van der Waals surface area contributed by atoms with Gasteiger partial charge in [0.25, 0.3) is 5.91 Å². The highest BCUT2D eigenvalue weighted by molar-refractivity contribution is 6.06. The molecule has 0 aliphatic rings. The highest BCUT2D eigenvalue weighted by atomic mass is 16.5. The number of nitrogens with two attached hydrogens (primary N) is 1. The summed E-state index contributed by atoms with van der Waals surface area (Å²) in [5, 5.41) is 3.71. The summed E-state index contributed by atoms with van der Waals surface area (Å²) < 4.78 is 5.14. The third kappa shape index (κ3) is 3.14. The summed E-state index contributed by atoms with van der Waals surface area (Å²) in [7, 11) is 1.60. The van der Waals surface area contributed by atoms with Crippen molar-refractivity contribution in [3.63, 3.8) is 0 Å². The molecule has 0 saturated carbocycles. The van der Waals surface area contributed by atoms with Gasteiger partial charge in [-0.1, -0.05) is 18.2 Å². The second kappa shape index (κ2) is 6.46. The SMILES string of the molecule is COCc1ccccc1C(=O)Nc1ccc2nccc(N)c2c1. The topological polar surface area (TPSA) is 77.2 Å². The van der Waals surface area contributed by atoms with Crippen LogP contribution < -0.4 is 11.1 Å². The number of fused-ring (bicyclic) bond motifs is 1. The van der Waals surface area contributed by atoms with Crippen molar-refractivity contribution in [1.82, 2.24) is 4.98 Å². The molecular weight excluding hydrogens is 290 g/mol. The number of nitrogens with one attached hydrogen (secondary N) is 1. The van der Waals surface area contributed by atoms with Gasteiger partial charge in [-0.3, -0.25) is 9.78 Å². The minimum atomic E-state index is -0.181. The number of methoxy groups -OCH3 is 1. The standard InChI is InChI=1S/C18H17N3O2/c1-23-11-12-4-2-3-5-14(12)18(22)21-13-6-7-17-15(10-13)16(19)8-9-20-17/h2-10H,11H2,1H3,(H2,19,20)(H,21,22). The Balaban J connectivity index is 1.90. The van der Waals surface area contributed by atoms with Crippen molar-refractivity contribution in [2.75, 3.05) is 18.2 Å². The predicted molar refractivity (Wildman–Crippen MR) is 91.3 cm³/mol. The fourth-order valence-electron chi connectivity index (χ4n) is 2.47. The first-order chi connectivity index (χ1) is 11.2. The second-order valence-electron chi connectivity index (χ2n) is 5.18. The maximum absolute atomic E-state index is 12.5. The number of carbonyl (C=O) groups excluding carboxylic acids is 1. The zero-order chi connectivity index (χ0) is 16.2. The molecule has 3 N–H and O–H groups in total. The predicted octanol–water partition coefficient (Wildman–Crippen LogP) is 3.22. The average Bonchev–Trinajstić information content (AvgIpc) is 2.56. The van der Waals surface area contributed by atoms with Crippen LogP contribution in [-0.2, 0) is 11.3 Å². The van der Waals surface area contributed by atoms with Gasteiger partial charge < -0.3 is 15.8 Å². The van der Waals surface area contributed by atoms with E-state index < -0.39 is 0 Å². The molecule has 5 heteroatoms. The Labute approximate surface area is 134 Å². The van der Waals surface area contributed by atoms with E-state index in [9.17, 15) is 4.79 Å². The summed E-state index contributed by atoms with van der Waals surface area (Å²) in [6.07, 6.45) is 1.66. The van der Waals surface area contributed by atoms with E-state index in [-0.39, 0.29) is 5.91 Å². The lowest BCUT2D eigenvalue weighted by atomic mass is 10.1. The number of hydrogen-bond donors (Lipinski definition) is 2. The zero-order valence-corrected chi connectivity index (χ0v) is 12.7. The molecule has 1 aromatic heterocycles. The average molecular weight is 307 g/mol. The van der Waals surface area contributed by atoms with Gasteiger partial charge in [-0.05, 0) is 35.9 Å². The molecule has 0 aliphatic carbocycles. The molecule has 2 aromatic carbocycles. The molecule has 0 radical (unpaired) electrons. The fourth-order valence-corrected chi connectivity index (χ4v) is 2.47. The van der Waals surface area contributed by atoms with Crippen molar-refractivity contribution in [2.24, 2.45) is 0 Å². The van der Waals surface area contributed by atoms with Crippen molar-refractivity contribution >= 4 is 28.2 Å². The monoisotopic (exact) mass is 307 g/mol.